The molecular formula is C11H14FN3O2. The van der Waals surface area contributed by atoms with Gasteiger partial charge in [-0.05, 0) is 18.6 Å². The van der Waals surface area contributed by atoms with Crippen molar-refractivity contribution in [3.63, 3.8) is 0 Å². The summed E-state index contributed by atoms with van der Waals surface area (Å²) >= 11 is 0. The van der Waals surface area contributed by atoms with Gasteiger partial charge in [0.15, 0.2) is 5.84 Å². The van der Waals surface area contributed by atoms with Crippen molar-refractivity contribution >= 4 is 11.5 Å². The molecule has 1 aromatic carbocycles. The minimum atomic E-state index is -0.542. The molecule has 0 saturated carbocycles. The summed E-state index contributed by atoms with van der Waals surface area (Å²) in [6, 6.07) is 4.50. The topological polar surface area (TPSA) is 82.1 Å². The molecule has 1 fully saturated rings. The summed E-state index contributed by atoms with van der Waals surface area (Å²) in [5.74, 6) is -0.807. The van der Waals surface area contributed by atoms with E-state index in [9.17, 15) is 9.50 Å². The van der Waals surface area contributed by atoms with Gasteiger partial charge in [-0.2, -0.15) is 0 Å². The van der Waals surface area contributed by atoms with Crippen LogP contribution in [-0.2, 0) is 0 Å². The van der Waals surface area contributed by atoms with E-state index in [1.165, 1.54) is 6.07 Å². The third-order valence-electron chi connectivity index (χ3n) is 2.86. The van der Waals surface area contributed by atoms with Gasteiger partial charge in [0.25, 0.3) is 0 Å². The zero-order valence-corrected chi connectivity index (χ0v) is 9.17. The first-order valence-corrected chi connectivity index (χ1v) is 5.33. The van der Waals surface area contributed by atoms with E-state index in [1.54, 1.807) is 12.1 Å². The Labute approximate surface area is 98.0 Å². The van der Waals surface area contributed by atoms with Crippen LogP contribution in [0.2, 0.25) is 0 Å². The molecule has 1 atom stereocenters. The SMILES string of the molecule is NC(=NO)c1c(F)cccc1N1CCC(O)C1. The van der Waals surface area contributed by atoms with E-state index in [4.69, 9.17) is 10.9 Å². The molecule has 1 saturated heterocycles. The third-order valence-corrected chi connectivity index (χ3v) is 2.86. The summed E-state index contributed by atoms with van der Waals surface area (Å²) in [5.41, 5.74) is 6.08. The maximum atomic E-state index is 13.7. The number of benzene rings is 1. The quantitative estimate of drug-likeness (QED) is 0.303. The minimum absolute atomic E-state index is 0.0732. The van der Waals surface area contributed by atoms with Crippen LogP contribution in [0.5, 0.6) is 0 Å². The maximum Gasteiger partial charge on any atom is 0.175 e. The normalized spacial score (nSPS) is 20.9. The molecular weight excluding hydrogens is 225 g/mol. The van der Waals surface area contributed by atoms with Gasteiger partial charge in [-0.25, -0.2) is 4.39 Å². The number of nitrogens with two attached hydrogens (primary N) is 1. The lowest BCUT2D eigenvalue weighted by Gasteiger charge is -2.21. The second-order valence-electron chi connectivity index (χ2n) is 4.01. The second-order valence-corrected chi connectivity index (χ2v) is 4.01. The molecule has 0 aliphatic carbocycles. The number of amidine groups is 1. The number of nitrogens with zero attached hydrogens (tertiary/aromatic N) is 2. The molecule has 0 spiro atoms. The van der Waals surface area contributed by atoms with Gasteiger partial charge in [-0.3, -0.25) is 0 Å². The van der Waals surface area contributed by atoms with E-state index < -0.39 is 11.9 Å². The maximum absolute atomic E-state index is 13.7. The fourth-order valence-electron chi connectivity index (χ4n) is 2.04. The van der Waals surface area contributed by atoms with Gasteiger partial charge in [-0.15, -0.1) is 0 Å². The van der Waals surface area contributed by atoms with Crippen LogP contribution in [0.4, 0.5) is 10.1 Å². The summed E-state index contributed by atoms with van der Waals surface area (Å²) in [5, 5.41) is 21.0. The fourth-order valence-corrected chi connectivity index (χ4v) is 2.04. The third kappa shape index (κ3) is 2.16. The van der Waals surface area contributed by atoms with Gasteiger partial charge < -0.3 is 20.9 Å². The van der Waals surface area contributed by atoms with Crippen molar-refractivity contribution in [2.75, 3.05) is 18.0 Å². The molecule has 0 bridgehead atoms. The number of hydrogen-bond donors (Lipinski definition) is 3. The van der Waals surface area contributed by atoms with Crippen molar-refractivity contribution in [3.05, 3.63) is 29.6 Å². The van der Waals surface area contributed by atoms with Crippen LogP contribution < -0.4 is 10.6 Å². The van der Waals surface area contributed by atoms with E-state index >= 15 is 0 Å². The average molecular weight is 239 g/mol. The molecule has 92 valence electrons. The summed E-state index contributed by atoms with van der Waals surface area (Å²) in [6.45, 7) is 1.05. The molecule has 2 rings (SSSR count). The van der Waals surface area contributed by atoms with Gasteiger partial charge in [0.1, 0.15) is 5.82 Å². The lowest BCUT2D eigenvalue weighted by atomic mass is 10.1. The zero-order chi connectivity index (χ0) is 12.4. The number of hydrogen-bond acceptors (Lipinski definition) is 4. The largest absolute Gasteiger partial charge is 0.409 e. The van der Waals surface area contributed by atoms with Crippen molar-refractivity contribution in [1.82, 2.24) is 0 Å². The molecule has 0 amide bonds. The molecule has 4 N–H and O–H groups in total. The molecule has 1 aliphatic rings. The predicted octanol–water partition coefficient (Wildman–Crippen LogP) is 0.491. The monoisotopic (exact) mass is 239 g/mol. The van der Waals surface area contributed by atoms with Crippen molar-refractivity contribution in [2.24, 2.45) is 10.9 Å². The van der Waals surface area contributed by atoms with Gasteiger partial charge in [0.2, 0.25) is 0 Å². The Hall–Kier alpha value is -1.82. The molecule has 0 aromatic heterocycles. The summed E-state index contributed by atoms with van der Waals surface area (Å²) in [4.78, 5) is 1.82. The van der Waals surface area contributed by atoms with Crippen molar-refractivity contribution < 1.29 is 14.7 Å². The van der Waals surface area contributed by atoms with E-state index in [0.717, 1.165) is 0 Å². The fraction of sp³-hybridized carbons (Fsp3) is 0.364. The van der Waals surface area contributed by atoms with E-state index in [2.05, 4.69) is 5.16 Å². The van der Waals surface area contributed by atoms with Crippen LogP contribution in [0.1, 0.15) is 12.0 Å². The number of oxime groups is 1. The molecule has 1 heterocycles. The summed E-state index contributed by atoms with van der Waals surface area (Å²) in [7, 11) is 0. The van der Waals surface area contributed by atoms with Gasteiger partial charge in [0, 0.05) is 13.1 Å². The van der Waals surface area contributed by atoms with E-state index in [0.29, 0.717) is 25.2 Å². The van der Waals surface area contributed by atoms with E-state index in [-0.39, 0.29) is 11.4 Å². The van der Waals surface area contributed by atoms with Gasteiger partial charge in [0.05, 0.1) is 17.4 Å². The predicted molar refractivity (Wildman–Crippen MR) is 61.7 cm³/mol. The Bertz CT molecular complexity index is 450. The van der Waals surface area contributed by atoms with E-state index in [1.807, 2.05) is 4.90 Å². The second kappa shape index (κ2) is 4.58. The van der Waals surface area contributed by atoms with Gasteiger partial charge >= 0.3 is 0 Å². The molecule has 6 heteroatoms. The van der Waals surface area contributed by atoms with Crippen molar-refractivity contribution in [1.29, 1.82) is 0 Å². The van der Waals surface area contributed by atoms with Crippen LogP contribution >= 0.6 is 0 Å². The molecule has 1 aromatic rings. The lowest BCUT2D eigenvalue weighted by Crippen LogP contribution is -2.26. The number of β-amino-alcohol motifs (C(OH)–C–C–N with tert-alkyl or cyclic N) is 1. The Morgan fingerprint density at radius 3 is 2.88 bits per heavy atom. The first-order valence-electron chi connectivity index (χ1n) is 5.33. The number of anilines is 1. The first kappa shape index (κ1) is 11.7. The number of halogens is 1. The number of rotatable bonds is 2. The Balaban J connectivity index is 2.43. The molecule has 0 radical (unpaired) electrons. The zero-order valence-electron chi connectivity index (χ0n) is 9.17. The number of aliphatic hydroxyl groups excluding tert-OH is 1. The highest BCUT2D eigenvalue weighted by Crippen LogP contribution is 2.26. The standard InChI is InChI=1S/C11H14FN3O2/c12-8-2-1-3-9(10(8)11(13)14-17)15-5-4-7(16)6-15/h1-3,7,16-17H,4-6H2,(H2,13,14). The molecule has 17 heavy (non-hydrogen) atoms. The van der Waals surface area contributed by atoms with Crippen molar-refractivity contribution in [2.45, 2.75) is 12.5 Å². The smallest absolute Gasteiger partial charge is 0.175 e. The van der Waals surface area contributed by atoms with Crippen LogP contribution in [0.3, 0.4) is 0 Å². The Morgan fingerprint density at radius 2 is 2.29 bits per heavy atom. The Kier molecular flexibility index (Phi) is 3.14. The van der Waals surface area contributed by atoms with Crippen LogP contribution in [-0.4, -0.2) is 35.3 Å². The molecule has 1 unspecified atom stereocenters. The average Bonchev–Trinajstić information content (AvgIpc) is 2.74. The van der Waals surface area contributed by atoms with Gasteiger partial charge in [-0.1, -0.05) is 11.2 Å². The first-order chi connectivity index (χ1) is 8.13. The molecule has 5 nitrogen and oxygen atoms in total. The molecule has 1 aliphatic heterocycles. The Morgan fingerprint density at radius 1 is 1.53 bits per heavy atom. The minimum Gasteiger partial charge on any atom is -0.409 e. The summed E-state index contributed by atoms with van der Waals surface area (Å²) < 4.78 is 13.7. The highest BCUT2D eigenvalue weighted by molar-refractivity contribution is 6.02. The van der Waals surface area contributed by atoms with Crippen molar-refractivity contribution in [3.8, 4) is 0 Å². The number of aliphatic hydroxyl groups is 1. The highest BCUT2D eigenvalue weighted by atomic mass is 19.1. The van der Waals surface area contributed by atoms with Crippen LogP contribution in [0.15, 0.2) is 23.4 Å². The van der Waals surface area contributed by atoms with Crippen LogP contribution in [0, 0.1) is 5.82 Å². The highest BCUT2D eigenvalue weighted by Gasteiger charge is 2.24. The van der Waals surface area contributed by atoms with Crippen LogP contribution in [0.25, 0.3) is 0 Å². The lowest BCUT2D eigenvalue weighted by molar-refractivity contribution is 0.198. The summed E-state index contributed by atoms with van der Waals surface area (Å²) in [6.07, 6.45) is 0.213.